The van der Waals surface area contributed by atoms with E-state index in [1.807, 2.05) is 61.5 Å². The molecule has 1 atom stereocenters. The third-order valence-electron chi connectivity index (χ3n) is 3.45. The summed E-state index contributed by atoms with van der Waals surface area (Å²) in [5, 5.41) is 0. The van der Waals surface area contributed by atoms with Gasteiger partial charge in [-0.15, -0.1) is 0 Å². The van der Waals surface area contributed by atoms with Crippen LogP contribution in [-0.4, -0.2) is 15.5 Å². The molecule has 0 fully saturated rings. The van der Waals surface area contributed by atoms with Crippen molar-refractivity contribution in [3.63, 3.8) is 0 Å². The Bertz CT molecular complexity index is 682. The van der Waals surface area contributed by atoms with Crippen LogP contribution in [0.25, 0.3) is 0 Å². The van der Waals surface area contributed by atoms with Gasteiger partial charge in [0.1, 0.15) is 5.75 Å². The zero-order valence-electron chi connectivity index (χ0n) is 12.8. The predicted molar refractivity (Wildman–Crippen MR) is 88.2 cm³/mol. The van der Waals surface area contributed by atoms with Gasteiger partial charge in [-0.25, -0.2) is 13.1 Å². The number of hydrogen-bond donors (Lipinski definition) is 1. The number of benzene rings is 2. The molecule has 4 nitrogen and oxygen atoms in total. The lowest BCUT2D eigenvalue weighted by molar-refractivity contribution is 0.414. The van der Waals surface area contributed by atoms with Crippen molar-refractivity contribution in [3.05, 3.63) is 65.7 Å². The second kappa shape index (κ2) is 7.42. The Morgan fingerprint density at radius 3 is 2.23 bits per heavy atom. The number of sulfonamides is 1. The molecule has 0 aliphatic rings. The lowest BCUT2D eigenvalue weighted by atomic mass is 10.1. The fraction of sp³-hybridized carbons (Fsp3) is 0.294. The van der Waals surface area contributed by atoms with Crippen LogP contribution in [-0.2, 0) is 15.8 Å². The second-order valence-corrected chi connectivity index (χ2v) is 6.85. The first-order valence-corrected chi connectivity index (χ1v) is 8.87. The van der Waals surface area contributed by atoms with E-state index in [0.29, 0.717) is 6.42 Å². The van der Waals surface area contributed by atoms with Crippen molar-refractivity contribution in [2.75, 3.05) is 7.11 Å². The minimum atomic E-state index is -3.39. The van der Waals surface area contributed by atoms with Crippen LogP contribution in [0.1, 0.15) is 30.5 Å². The maximum Gasteiger partial charge on any atom is 0.216 e. The molecule has 22 heavy (non-hydrogen) atoms. The predicted octanol–water partition coefficient (Wildman–Crippen LogP) is 3.27. The lowest BCUT2D eigenvalue weighted by Crippen LogP contribution is -2.29. The summed E-state index contributed by atoms with van der Waals surface area (Å²) in [4.78, 5) is 0. The average Bonchev–Trinajstić information content (AvgIpc) is 2.53. The zero-order chi connectivity index (χ0) is 16.0. The van der Waals surface area contributed by atoms with Crippen LogP contribution in [0.4, 0.5) is 0 Å². The van der Waals surface area contributed by atoms with Gasteiger partial charge in [0, 0.05) is 6.04 Å². The molecule has 0 aliphatic carbocycles. The summed E-state index contributed by atoms with van der Waals surface area (Å²) in [6.07, 6.45) is 0.681. The van der Waals surface area contributed by atoms with E-state index in [0.717, 1.165) is 16.9 Å². The zero-order valence-corrected chi connectivity index (χ0v) is 13.6. The highest BCUT2D eigenvalue weighted by Crippen LogP contribution is 2.21. The molecule has 118 valence electrons. The highest BCUT2D eigenvalue weighted by Gasteiger charge is 2.18. The molecule has 0 saturated carbocycles. The summed E-state index contributed by atoms with van der Waals surface area (Å²) in [5.74, 6) is 0.742. The third kappa shape index (κ3) is 4.58. The molecule has 2 rings (SSSR count). The molecule has 1 N–H and O–H groups in total. The number of methoxy groups -OCH3 is 1. The van der Waals surface area contributed by atoms with E-state index in [2.05, 4.69) is 4.72 Å². The highest BCUT2D eigenvalue weighted by molar-refractivity contribution is 7.88. The summed E-state index contributed by atoms with van der Waals surface area (Å²) < 4.78 is 32.6. The van der Waals surface area contributed by atoms with Crippen LogP contribution < -0.4 is 9.46 Å². The summed E-state index contributed by atoms with van der Waals surface area (Å²) in [7, 11) is -1.79. The number of rotatable bonds is 7. The van der Waals surface area contributed by atoms with Gasteiger partial charge in [0.25, 0.3) is 0 Å². The minimum absolute atomic E-state index is 0.0134. The molecule has 0 heterocycles. The summed E-state index contributed by atoms with van der Waals surface area (Å²) >= 11 is 0. The molecule has 2 aromatic carbocycles. The summed E-state index contributed by atoms with van der Waals surface area (Å²) in [5.41, 5.74) is 1.71. The highest BCUT2D eigenvalue weighted by atomic mass is 32.2. The van der Waals surface area contributed by atoms with Gasteiger partial charge in [0.2, 0.25) is 10.0 Å². The first-order valence-electron chi connectivity index (χ1n) is 7.22. The average molecular weight is 319 g/mol. The molecular weight excluding hydrogens is 298 g/mol. The second-order valence-electron chi connectivity index (χ2n) is 5.10. The monoisotopic (exact) mass is 319 g/mol. The Balaban J connectivity index is 2.11. The molecular formula is C17H21NO3S. The molecule has 0 bridgehead atoms. The fourth-order valence-electron chi connectivity index (χ4n) is 2.28. The molecule has 2 aromatic rings. The fourth-order valence-corrected chi connectivity index (χ4v) is 3.73. The first kappa shape index (κ1) is 16.5. The maximum atomic E-state index is 12.3. The largest absolute Gasteiger partial charge is 0.497 e. The maximum absolute atomic E-state index is 12.3. The lowest BCUT2D eigenvalue weighted by Gasteiger charge is -2.18. The Labute approximate surface area is 132 Å². The van der Waals surface area contributed by atoms with Crippen molar-refractivity contribution in [2.24, 2.45) is 0 Å². The summed E-state index contributed by atoms with van der Waals surface area (Å²) in [6, 6.07) is 16.4. The molecule has 5 heteroatoms. The van der Waals surface area contributed by atoms with Gasteiger partial charge in [0.15, 0.2) is 0 Å². The Kier molecular flexibility index (Phi) is 5.57. The van der Waals surface area contributed by atoms with E-state index in [4.69, 9.17) is 4.74 Å². The van der Waals surface area contributed by atoms with Gasteiger partial charge >= 0.3 is 0 Å². The van der Waals surface area contributed by atoms with Crippen molar-refractivity contribution in [2.45, 2.75) is 25.1 Å². The van der Waals surface area contributed by atoms with Crippen molar-refractivity contribution >= 4 is 10.0 Å². The van der Waals surface area contributed by atoms with Crippen molar-refractivity contribution in [1.29, 1.82) is 0 Å². The third-order valence-corrected chi connectivity index (χ3v) is 4.80. The quantitative estimate of drug-likeness (QED) is 0.852. The normalized spacial score (nSPS) is 12.8. The van der Waals surface area contributed by atoms with Gasteiger partial charge in [-0.05, 0) is 29.7 Å². The van der Waals surface area contributed by atoms with Gasteiger partial charge in [-0.1, -0.05) is 49.4 Å². The topological polar surface area (TPSA) is 55.4 Å². The van der Waals surface area contributed by atoms with Gasteiger partial charge in [-0.2, -0.15) is 0 Å². The number of nitrogens with one attached hydrogen (secondary N) is 1. The van der Waals surface area contributed by atoms with E-state index in [1.54, 1.807) is 7.11 Å². The van der Waals surface area contributed by atoms with Crippen LogP contribution in [0.2, 0.25) is 0 Å². The Hall–Kier alpha value is -1.85. The Morgan fingerprint density at radius 1 is 1.05 bits per heavy atom. The summed E-state index contributed by atoms with van der Waals surface area (Å²) in [6.45, 7) is 1.96. The van der Waals surface area contributed by atoms with Gasteiger partial charge in [-0.3, -0.25) is 0 Å². The van der Waals surface area contributed by atoms with Crippen LogP contribution in [0.5, 0.6) is 5.75 Å². The molecule has 0 aliphatic heterocycles. The van der Waals surface area contributed by atoms with Gasteiger partial charge < -0.3 is 4.74 Å². The van der Waals surface area contributed by atoms with Crippen LogP contribution >= 0.6 is 0 Å². The van der Waals surface area contributed by atoms with Crippen molar-refractivity contribution in [3.8, 4) is 5.75 Å². The van der Waals surface area contributed by atoms with E-state index in [-0.39, 0.29) is 11.8 Å². The molecule has 0 aromatic heterocycles. The number of ether oxygens (including phenoxy) is 1. The van der Waals surface area contributed by atoms with Crippen LogP contribution in [0.15, 0.2) is 54.6 Å². The molecule has 0 saturated heterocycles. The standard InChI is InChI=1S/C17H21NO3S/c1-3-17(15-9-11-16(21-2)12-10-15)18-22(19,20)13-14-7-5-4-6-8-14/h4-12,17-18H,3,13H2,1-2H3. The van der Waals surface area contributed by atoms with E-state index < -0.39 is 10.0 Å². The molecule has 1 unspecified atom stereocenters. The SMILES string of the molecule is CCC(NS(=O)(=O)Cc1ccccc1)c1ccc(OC)cc1. The van der Waals surface area contributed by atoms with E-state index in [1.165, 1.54) is 0 Å². The van der Waals surface area contributed by atoms with Gasteiger partial charge in [0.05, 0.1) is 12.9 Å². The van der Waals surface area contributed by atoms with Crippen molar-refractivity contribution < 1.29 is 13.2 Å². The van der Waals surface area contributed by atoms with E-state index in [9.17, 15) is 8.42 Å². The Morgan fingerprint density at radius 2 is 1.68 bits per heavy atom. The molecule has 0 radical (unpaired) electrons. The molecule has 0 spiro atoms. The van der Waals surface area contributed by atoms with Crippen molar-refractivity contribution in [1.82, 2.24) is 4.72 Å². The minimum Gasteiger partial charge on any atom is -0.497 e. The van der Waals surface area contributed by atoms with E-state index >= 15 is 0 Å². The smallest absolute Gasteiger partial charge is 0.216 e. The van der Waals surface area contributed by atoms with Crippen LogP contribution in [0.3, 0.4) is 0 Å². The molecule has 0 amide bonds. The first-order chi connectivity index (χ1) is 10.5. The number of hydrogen-bond acceptors (Lipinski definition) is 3. The van der Waals surface area contributed by atoms with Crippen LogP contribution in [0, 0.1) is 0 Å².